The molecule has 3 rings (SSSR count). The van der Waals surface area contributed by atoms with Gasteiger partial charge in [0.25, 0.3) is 10.0 Å². The number of sulfonamides is 1. The lowest BCUT2D eigenvalue weighted by atomic mass is 10.1. The summed E-state index contributed by atoms with van der Waals surface area (Å²) in [6.45, 7) is 5.65. The van der Waals surface area contributed by atoms with Gasteiger partial charge in [-0.05, 0) is 67.3 Å². The second-order valence-electron chi connectivity index (χ2n) is 9.65. The molecule has 0 bridgehead atoms. The van der Waals surface area contributed by atoms with Gasteiger partial charge in [0.1, 0.15) is 18.3 Å². The number of hydrogen-bond donors (Lipinski definition) is 1. The van der Waals surface area contributed by atoms with E-state index < -0.39 is 28.5 Å². The van der Waals surface area contributed by atoms with Crippen LogP contribution in [0.3, 0.4) is 0 Å². The number of nitrogens with zero attached hydrogens (tertiary/aromatic N) is 2. The van der Waals surface area contributed by atoms with Gasteiger partial charge in [-0.2, -0.15) is 0 Å². The minimum Gasteiger partial charge on any atom is -0.497 e. The van der Waals surface area contributed by atoms with E-state index in [-0.39, 0.29) is 17.3 Å². The Morgan fingerprint density at radius 3 is 2.27 bits per heavy atom. The van der Waals surface area contributed by atoms with Gasteiger partial charge < -0.3 is 15.0 Å². The van der Waals surface area contributed by atoms with Crippen molar-refractivity contribution in [2.24, 2.45) is 0 Å². The van der Waals surface area contributed by atoms with Gasteiger partial charge in [-0.3, -0.25) is 13.9 Å². The molecule has 2 amide bonds. The molecule has 0 radical (unpaired) electrons. The van der Waals surface area contributed by atoms with Gasteiger partial charge in [-0.15, -0.1) is 0 Å². The number of carbonyl (C=O) groups is 2. The van der Waals surface area contributed by atoms with E-state index in [2.05, 4.69) is 5.32 Å². The van der Waals surface area contributed by atoms with Gasteiger partial charge >= 0.3 is 0 Å². The van der Waals surface area contributed by atoms with Crippen molar-refractivity contribution in [3.63, 3.8) is 0 Å². The number of methoxy groups -OCH3 is 1. The Balaban J connectivity index is 2.06. The maximum absolute atomic E-state index is 14.1. The van der Waals surface area contributed by atoms with Gasteiger partial charge in [-0.25, -0.2) is 8.42 Å². The van der Waals surface area contributed by atoms with Crippen molar-refractivity contribution in [3.05, 3.63) is 88.9 Å². The summed E-state index contributed by atoms with van der Waals surface area (Å²) in [6.07, 6.45) is 2.07. The minimum atomic E-state index is -4.16. The smallest absolute Gasteiger partial charge is 0.264 e. The molecule has 0 aliphatic rings. The third kappa shape index (κ3) is 8.01. The van der Waals surface area contributed by atoms with Crippen molar-refractivity contribution < 1.29 is 22.7 Å². The van der Waals surface area contributed by atoms with Crippen LogP contribution in [0.4, 0.5) is 5.69 Å². The third-order valence-electron chi connectivity index (χ3n) is 6.85. The highest BCUT2D eigenvalue weighted by molar-refractivity contribution is 7.92. The molecular weight excluding hydrogens is 562 g/mol. The number of hydrogen-bond acceptors (Lipinski definition) is 5. The fourth-order valence-electron chi connectivity index (χ4n) is 4.45. The highest BCUT2D eigenvalue weighted by atomic mass is 35.5. The number of unbranched alkanes of at least 4 members (excludes halogenated alkanes) is 1. The van der Waals surface area contributed by atoms with Crippen LogP contribution in [0.15, 0.2) is 77.7 Å². The second kappa shape index (κ2) is 14.9. The number of carbonyl (C=O) groups excluding carboxylic acids is 2. The van der Waals surface area contributed by atoms with Crippen LogP contribution in [0.2, 0.25) is 5.02 Å². The topological polar surface area (TPSA) is 96.0 Å². The average Bonchev–Trinajstić information content (AvgIpc) is 2.98. The van der Waals surface area contributed by atoms with E-state index in [1.807, 2.05) is 26.0 Å². The van der Waals surface area contributed by atoms with Crippen LogP contribution in [0.1, 0.15) is 44.2 Å². The molecule has 0 aromatic heterocycles. The Morgan fingerprint density at radius 1 is 0.976 bits per heavy atom. The van der Waals surface area contributed by atoms with Gasteiger partial charge in [0.2, 0.25) is 11.8 Å². The molecule has 0 aliphatic heterocycles. The Labute approximate surface area is 248 Å². The van der Waals surface area contributed by atoms with Crippen molar-refractivity contribution in [2.75, 3.05) is 24.5 Å². The highest BCUT2D eigenvalue weighted by Gasteiger charge is 2.34. The van der Waals surface area contributed by atoms with Gasteiger partial charge in [0.05, 0.1) is 17.7 Å². The van der Waals surface area contributed by atoms with Crippen LogP contribution in [0.25, 0.3) is 0 Å². The number of amides is 2. The first kappa shape index (κ1) is 32.0. The van der Waals surface area contributed by atoms with E-state index in [9.17, 15) is 18.0 Å². The van der Waals surface area contributed by atoms with Crippen LogP contribution in [-0.4, -0.2) is 51.4 Å². The number of anilines is 1. The normalized spacial score (nSPS) is 11.9. The molecule has 10 heteroatoms. The minimum absolute atomic E-state index is 0.0400. The maximum atomic E-state index is 14.1. The predicted molar refractivity (Wildman–Crippen MR) is 163 cm³/mol. The quantitative estimate of drug-likeness (QED) is 0.244. The van der Waals surface area contributed by atoms with Gasteiger partial charge in [-0.1, -0.05) is 68.3 Å². The number of halogens is 1. The first-order valence-corrected chi connectivity index (χ1v) is 15.5. The van der Waals surface area contributed by atoms with E-state index >= 15 is 0 Å². The fourth-order valence-corrected chi connectivity index (χ4v) is 6.11. The Hall–Kier alpha value is -3.56. The number of rotatable bonds is 14. The first-order chi connectivity index (χ1) is 19.6. The second-order valence-corrected chi connectivity index (χ2v) is 11.9. The summed E-state index contributed by atoms with van der Waals surface area (Å²) >= 11 is 6.38. The molecule has 0 fully saturated rings. The summed E-state index contributed by atoms with van der Waals surface area (Å²) in [5.74, 6) is -0.135. The van der Waals surface area contributed by atoms with Crippen molar-refractivity contribution in [1.29, 1.82) is 0 Å². The molecule has 3 aromatic carbocycles. The summed E-state index contributed by atoms with van der Waals surface area (Å²) in [6, 6.07) is 19.3. The summed E-state index contributed by atoms with van der Waals surface area (Å²) in [7, 11) is -2.60. The van der Waals surface area contributed by atoms with Crippen LogP contribution in [0.5, 0.6) is 5.75 Å². The largest absolute Gasteiger partial charge is 0.497 e. The monoisotopic (exact) mass is 599 g/mol. The molecule has 0 unspecified atom stereocenters. The summed E-state index contributed by atoms with van der Waals surface area (Å²) in [5, 5.41) is 3.30. The van der Waals surface area contributed by atoms with E-state index in [0.717, 1.165) is 22.7 Å². The SMILES string of the molecule is CCCCNC(=O)[C@H](CC)N(Cc1ccc(OC)cc1)C(=O)CN(c1cccc(Cl)c1C)S(=O)(=O)c1ccccc1. The Bertz CT molecular complexity index is 1420. The van der Waals surface area contributed by atoms with Crippen molar-refractivity contribution in [2.45, 2.75) is 57.5 Å². The van der Waals surface area contributed by atoms with Crippen LogP contribution in [-0.2, 0) is 26.2 Å². The maximum Gasteiger partial charge on any atom is 0.264 e. The molecule has 0 saturated heterocycles. The molecule has 0 heterocycles. The molecule has 41 heavy (non-hydrogen) atoms. The molecule has 0 saturated carbocycles. The lowest BCUT2D eigenvalue weighted by Gasteiger charge is -2.33. The van der Waals surface area contributed by atoms with Gasteiger partial charge in [0, 0.05) is 18.1 Å². The predicted octanol–water partition coefficient (Wildman–Crippen LogP) is 5.58. The van der Waals surface area contributed by atoms with Gasteiger partial charge in [0.15, 0.2) is 0 Å². The fraction of sp³-hybridized carbons (Fsp3) is 0.355. The zero-order valence-corrected chi connectivity index (χ0v) is 25.5. The molecule has 0 spiro atoms. The van der Waals surface area contributed by atoms with E-state index in [1.54, 1.807) is 62.6 Å². The highest BCUT2D eigenvalue weighted by Crippen LogP contribution is 2.31. The van der Waals surface area contributed by atoms with Crippen LogP contribution < -0.4 is 14.4 Å². The van der Waals surface area contributed by atoms with Crippen molar-refractivity contribution in [3.8, 4) is 5.75 Å². The lowest BCUT2D eigenvalue weighted by molar-refractivity contribution is -0.140. The molecule has 3 aromatic rings. The molecule has 1 atom stereocenters. The number of benzene rings is 3. The Morgan fingerprint density at radius 2 is 1.66 bits per heavy atom. The van der Waals surface area contributed by atoms with Crippen LogP contribution >= 0.6 is 11.6 Å². The van der Waals surface area contributed by atoms with E-state index in [0.29, 0.717) is 35.0 Å². The molecule has 0 aliphatic carbocycles. The summed E-state index contributed by atoms with van der Waals surface area (Å²) < 4.78 is 34.2. The molecule has 8 nitrogen and oxygen atoms in total. The van der Waals surface area contributed by atoms with E-state index in [1.165, 1.54) is 17.0 Å². The number of nitrogens with one attached hydrogen (secondary N) is 1. The first-order valence-electron chi connectivity index (χ1n) is 13.7. The Kier molecular flexibility index (Phi) is 11.6. The number of ether oxygens (including phenoxy) is 1. The zero-order valence-electron chi connectivity index (χ0n) is 24.0. The zero-order chi connectivity index (χ0) is 30.0. The summed E-state index contributed by atoms with van der Waals surface area (Å²) in [4.78, 5) is 28.9. The van der Waals surface area contributed by atoms with E-state index in [4.69, 9.17) is 16.3 Å². The summed E-state index contributed by atoms with van der Waals surface area (Å²) in [5.41, 5.74) is 1.59. The average molecular weight is 600 g/mol. The molecule has 1 N–H and O–H groups in total. The van der Waals surface area contributed by atoms with Crippen molar-refractivity contribution >= 4 is 39.1 Å². The molecule has 220 valence electrons. The molecular formula is C31H38ClN3O5S. The van der Waals surface area contributed by atoms with Crippen LogP contribution in [0, 0.1) is 6.92 Å². The third-order valence-corrected chi connectivity index (χ3v) is 9.03. The standard InChI is InChI=1S/C31H38ClN3O5S/c1-5-7-20-33-31(37)28(6-2)34(21-24-16-18-25(40-4)19-17-24)30(36)22-35(29-15-11-14-27(32)23(29)3)41(38,39)26-12-9-8-10-13-26/h8-19,28H,5-7,20-22H2,1-4H3,(H,33,37)/t28-/m0/s1. The van der Waals surface area contributed by atoms with Crippen molar-refractivity contribution in [1.82, 2.24) is 10.2 Å². The lowest BCUT2D eigenvalue weighted by Crippen LogP contribution is -2.52.